The summed E-state index contributed by atoms with van der Waals surface area (Å²) >= 11 is 1.15. The van der Waals surface area contributed by atoms with Crippen LogP contribution in [0.2, 0.25) is 0 Å². The van der Waals surface area contributed by atoms with E-state index in [1.807, 2.05) is 42.5 Å². The van der Waals surface area contributed by atoms with E-state index in [0.717, 1.165) is 22.9 Å². The summed E-state index contributed by atoms with van der Waals surface area (Å²) in [6.07, 6.45) is 1.53. The molecule has 1 N–H and O–H groups in total. The molecule has 1 heterocycles. The molecule has 0 unspecified atom stereocenters. The molecule has 0 fully saturated rings. The van der Waals surface area contributed by atoms with Gasteiger partial charge in [-0.2, -0.15) is 5.10 Å². The summed E-state index contributed by atoms with van der Waals surface area (Å²) in [5.41, 5.74) is 5.23. The van der Waals surface area contributed by atoms with Crippen molar-refractivity contribution in [3.63, 3.8) is 0 Å². The molecule has 9 nitrogen and oxygen atoms in total. The lowest BCUT2D eigenvalue weighted by atomic mass is 10.2. The summed E-state index contributed by atoms with van der Waals surface area (Å²) in [6.45, 7) is 0.385. The van der Waals surface area contributed by atoms with Gasteiger partial charge in [-0.25, -0.2) is 10.4 Å². The largest absolute Gasteiger partial charge is 0.497 e. The number of rotatable bonds is 11. The Morgan fingerprint density at radius 2 is 1.69 bits per heavy atom. The van der Waals surface area contributed by atoms with Crippen molar-refractivity contribution in [1.82, 2.24) is 15.0 Å². The van der Waals surface area contributed by atoms with Gasteiger partial charge in [0.15, 0.2) is 16.7 Å². The van der Waals surface area contributed by atoms with Crippen LogP contribution in [0.25, 0.3) is 16.6 Å². The third kappa shape index (κ3) is 6.79. The average Bonchev–Trinajstić information content (AvgIpc) is 3.03. The fourth-order valence-electron chi connectivity index (χ4n) is 4.13. The van der Waals surface area contributed by atoms with Crippen molar-refractivity contribution < 1.29 is 19.0 Å². The SMILES string of the molecule is COc1ccc(-n2c(SCC(=O)N/N=C/c3ccc(OC)c(OCc4ccccc4)c3)nc3ccccc3c2=O)cc1. The van der Waals surface area contributed by atoms with Gasteiger partial charge in [-0.15, -0.1) is 0 Å². The van der Waals surface area contributed by atoms with E-state index in [1.165, 1.54) is 10.8 Å². The van der Waals surface area contributed by atoms with Crippen molar-refractivity contribution in [1.29, 1.82) is 0 Å². The number of benzene rings is 4. The predicted molar refractivity (Wildman–Crippen MR) is 164 cm³/mol. The molecule has 5 rings (SSSR count). The fraction of sp³-hybridized carbons (Fsp3) is 0.125. The molecule has 0 saturated carbocycles. The van der Waals surface area contributed by atoms with E-state index in [9.17, 15) is 9.59 Å². The van der Waals surface area contributed by atoms with E-state index in [-0.39, 0.29) is 17.2 Å². The lowest BCUT2D eigenvalue weighted by Crippen LogP contribution is -2.24. The highest BCUT2D eigenvalue weighted by Gasteiger charge is 2.15. The molecule has 0 aliphatic rings. The van der Waals surface area contributed by atoms with Gasteiger partial charge in [0, 0.05) is 0 Å². The number of ether oxygens (including phenoxy) is 3. The third-order valence-corrected chi connectivity index (χ3v) is 7.17. The van der Waals surface area contributed by atoms with Gasteiger partial charge in [-0.3, -0.25) is 14.2 Å². The van der Waals surface area contributed by atoms with Crippen LogP contribution in [0.15, 0.2) is 112 Å². The van der Waals surface area contributed by atoms with Crippen molar-refractivity contribution >= 4 is 34.8 Å². The van der Waals surface area contributed by atoms with E-state index >= 15 is 0 Å². The second kappa shape index (κ2) is 13.5. The number of nitrogens with zero attached hydrogens (tertiary/aromatic N) is 3. The zero-order valence-corrected chi connectivity index (χ0v) is 23.8. The van der Waals surface area contributed by atoms with Crippen molar-refractivity contribution in [2.24, 2.45) is 5.10 Å². The number of hydrazone groups is 1. The molecule has 0 atom stereocenters. The van der Waals surface area contributed by atoms with Crippen molar-refractivity contribution in [3.05, 3.63) is 119 Å². The molecule has 10 heteroatoms. The number of methoxy groups -OCH3 is 2. The van der Waals surface area contributed by atoms with Crippen LogP contribution >= 0.6 is 11.8 Å². The Balaban J connectivity index is 1.27. The number of fused-ring (bicyclic) bond motifs is 1. The van der Waals surface area contributed by atoms with Crippen molar-refractivity contribution in [3.8, 4) is 22.9 Å². The zero-order valence-electron chi connectivity index (χ0n) is 23.0. The molecule has 4 aromatic carbocycles. The van der Waals surface area contributed by atoms with E-state index < -0.39 is 0 Å². The fourth-order valence-corrected chi connectivity index (χ4v) is 4.94. The maximum Gasteiger partial charge on any atom is 0.266 e. The van der Waals surface area contributed by atoms with E-state index in [2.05, 4.69) is 15.5 Å². The monoisotopic (exact) mass is 580 g/mol. The highest BCUT2D eigenvalue weighted by atomic mass is 32.2. The highest BCUT2D eigenvalue weighted by Crippen LogP contribution is 2.28. The Kier molecular flexibility index (Phi) is 9.15. The molecule has 1 aromatic heterocycles. The number of hydrogen-bond acceptors (Lipinski definition) is 8. The van der Waals surface area contributed by atoms with Crippen LogP contribution in [0.1, 0.15) is 11.1 Å². The van der Waals surface area contributed by atoms with E-state index in [1.54, 1.807) is 68.8 Å². The Morgan fingerprint density at radius 3 is 2.45 bits per heavy atom. The first-order chi connectivity index (χ1) is 20.6. The minimum absolute atomic E-state index is 0.00761. The molecule has 0 aliphatic carbocycles. The zero-order chi connectivity index (χ0) is 29.3. The number of para-hydroxylation sites is 1. The maximum atomic E-state index is 13.4. The molecular weight excluding hydrogens is 552 g/mol. The van der Waals surface area contributed by atoms with Crippen LogP contribution in [0, 0.1) is 0 Å². The van der Waals surface area contributed by atoms with Crippen LogP contribution in [-0.2, 0) is 11.4 Å². The van der Waals surface area contributed by atoms with Gasteiger partial charge in [0.05, 0.1) is 42.8 Å². The van der Waals surface area contributed by atoms with Gasteiger partial charge in [-0.1, -0.05) is 54.2 Å². The Hall–Kier alpha value is -5.09. The summed E-state index contributed by atoms with van der Waals surface area (Å²) in [6, 6.07) is 29.4. The summed E-state index contributed by atoms with van der Waals surface area (Å²) in [5.74, 6) is 1.46. The average molecular weight is 581 g/mol. The van der Waals surface area contributed by atoms with Crippen LogP contribution in [0.4, 0.5) is 0 Å². The standard InChI is InChI=1S/C32H28N4O5S/c1-39-25-15-13-24(14-16-25)36-31(38)26-10-6-7-11-27(26)34-32(36)42-21-30(37)35-33-19-23-12-17-28(40-2)29(18-23)41-20-22-8-4-3-5-9-22/h3-19H,20-21H2,1-2H3,(H,35,37)/b33-19+. The number of aromatic nitrogens is 2. The lowest BCUT2D eigenvalue weighted by molar-refractivity contribution is -0.118. The van der Waals surface area contributed by atoms with Crippen LogP contribution in [0.5, 0.6) is 17.2 Å². The number of hydrogen-bond donors (Lipinski definition) is 1. The Morgan fingerprint density at radius 1 is 0.929 bits per heavy atom. The van der Waals surface area contributed by atoms with Crippen LogP contribution in [0.3, 0.4) is 0 Å². The van der Waals surface area contributed by atoms with Crippen molar-refractivity contribution in [2.45, 2.75) is 11.8 Å². The van der Waals surface area contributed by atoms with Crippen molar-refractivity contribution in [2.75, 3.05) is 20.0 Å². The molecule has 1 amide bonds. The minimum atomic E-state index is -0.353. The normalized spacial score (nSPS) is 11.0. The van der Waals surface area contributed by atoms with Gasteiger partial charge in [0.25, 0.3) is 11.5 Å². The summed E-state index contributed by atoms with van der Waals surface area (Å²) in [4.78, 5) is 30.8. The van der Waals surface area contributed by atoms with Gasteiger partial charge >= 0.3 is 0 Å². The van der Waals surface area contributed by atoms with Gasteiger partial charge in [-0.05, 0) is 65.7 Å². The van der Waals surface area contributed by atoms with E-state index in [0.29, 0.717) is 45.6 Å². The molecule has 0 bridgehead atoms. The molecule has 0 aliphatic heterocycles. The first-order valence-electron chi connectivity index (χ1n) is 13.0. The summed E-state index contributed by atoms with van der Waals surface area (Å²) < 4.78 is 18.1. The Labute approximate surface area is 246 Å². The number of carbonyl (C=O) groups excluding carboxylic acids is 1. The number of carbonyl (C=O) groups is 1. The second-order valence-corrected chi connectivity index (χ2v) is 9.96. The predicted octanol–water partition coefficient (Wildman–Crippen LogP) is 5.22. The summed E-state index contributed by atoms with van der Waals surface area (Å²) in [7, 11) is 3.16. The van der Waals surface area contributed by atoms with Gasteiger partial charge < -0.3 is 14.2 Å². The van der Waals surface area contributed by atoms with E-state index in [4.69, 9.17) is 14.2 Å². The lowest BCUT2D eigenvalue weighted by Gasteiger charge is -2.13. The Bertz CT molecular complexity index is 1770. The molecule has 5 aromatic rings. The number of thioether (sulfide) groups is 1. The molecular formula is C32H28N4O5S. The number of nitrogens with one attached hydrogen (secondary N) is 1. The second-order valence-electron chi connectivity index (χ2n) is 9.02. The molecule has 0 radical (unpaired) electrons. The molecule has 0 saturated heterocycles. The smallest absolute Gasteiger partial charge is 0.266 e. The molecule has 0 spiro atoms. The first kappa shape index (κ1) is 28.4. The highest BCUT2D eigenvalue weighted by molar-refractivity contribution is 7.99. The van der Waals surface area contributed by atoms with Crippen LogP contribution < -0.4 is 25.2 Å². The minimum Gasteiger partial charge on any atom is -0.497 e. The van der Waals surface area contributed by atoms with Gasteiger partial charge in [0.1, 0.15) is 12.4 Å². The topological polar surface area (TPSA) is 104 Å². The molecule has 212 valence electrons. The van der Waals surface area contributed by atoms with Crippen LogP contribution in [-0.4, -0.2) is 41.6 Å². The summed E-state index contributed by atoms with van der Waals surface area (Å²) in [5, 5.41) is 4.97. The quantitative estimate of drug-likeness (QED) is 0.0988. The number of amides is 1. The third-order valence-electron chi connectivity index (χ3n) is 6.24. The van der Waals surface area contributed by atoms with Gasteiger partial charge in [0.2, 0.25) is 0 Å². The maximum absolute atomic E-state index is 13.4. The first-order valence-corrected chi connectivity index (χ1v) is 14.0. The molecule has 42 heavy (non-hydrogen) atoms.